The first kappa shape index (κ1) is 14.7. The van der Waals surface area contributed by atoms with Gasteiger partial charge in [-0.1, -0.05) is 13.8 Å². The van der Waals surface area contributed by atoms with Crippen LogP contribution in [-0.2, 0) is 9.53 Å². The molecule has 0 aromatic heterocycles. The second-order valence-electron chi connectivity index (χ2n) is 3.03. The largest absolute Gasteiger partial charge is 0.359 e. The van der Waals surface area contributed by atoms with Crippen molar-refractivity contribution >= 4 is 18.5 Å². The number of ether oxygens (including phenoxy) is 1. The van der Waals surface area contributed by atoms with Gasteiger partial charge in [0.25, 0.3) is 0 Å². The third-order valence-corrected chi connectivity index (χ3v) is 2.45. The third-order valence-electron chi connectivity index (χ3n) is 2.08. The summed E-state index contributed by atoms with van der Waals surface area (Å²) in [5.74, 6) is 0.458. The number of thiol groups is 1. The molecule has 1 amide bonds. The summed E-state index contributed by atoms with van der Waals surface area (Å²) in [4.78, 5) is 11.5. The summed E-state index contributed by atoms with van der Waals surface area (Å²) in [6.45, 7) is 4.75. The Morgan fingerprint density at radius 2 is 2.27 bits per heavy atom. The minimum Gasteiger partial charge on any atom is -0.359 e. The molecule has 90 valence electrons. The standard InChI is InChI=1S/C8H16N2O2S.C2H6/c1-9-6(5-13)8(11)10-7-3-2-4-12-7;1-2/h6-7,9,13H,2-5H2,1H3,(H,10,11);1-2H3. The van der Waals surface area contributed by atoms with Crippen molar-refractivity contribution in [2.24, 2.45) is 0 Å². The minimum atomic E-state index is -0.229. The Morgan fingerprint density at radius 1 is 1.60 bits per heavy atom. The molecule has 4 nitrogen and oxygen atoms in total. The molecule has 5 heteroatoms. The summed E-state index contributed by atoms with van der Waals surface area (Å²) < 4.78 is 5.28. The summed E-state index contributed by atoms with van der Waals surface area (Å²) in [7, 11) is 1.75. The highest BCUT2D eigenvalue weighted by atomic mass is 32.1. The normalized spacial score (nSPS) is 21.5. The van der Waals surface area contributed by atoms with Gasteiger partial charge >= 0.3 is 0 Å². The number of carbonyl (C=O) groups is 1. The lowest BCUT2D eigenvalue weighted by atomic mass is 10.3. The molecule has 1 rings (SSSR count). The van der Waals surface area contributed by atoms with Gasteiger partial charge in [-0.15, -0.1) is 0 Å². The van der Waals surface area contributed by atoms with Crippen LogP contribution >= 0.6 is 12.6 Å². The van der Waals surface area contributed by atoms with E-state index in [2.05, 4.69) is 23.3 Å². The van der Waals surface area contributed by atoms with Crippen molar-refractivity contribution in [2.75, 3.05) is 19.4 Å². The van der Waals surface area contributed by atoms with Crippen LogP contribution in [0.15, 0.2) is 0 Å². The molecular weight excluding hydrogens is 212 g/mol. The van der Waals surface area contributed by atoms with Gasteiger partial charge in [0.05, 0.1) is 6.04 Å². The first-order valence-electron chi connectivity index (χ1n) is 5.48. The Labute approximate surface area is 97.6 Å². The molecule has 2 unspecified atom stereocenters. The van der Waals surface area contributed by atoms with Gasteiger partial charge in [0.2, 0.25) is 5.91 Å². The van der Waals surface area contributed by atoms with Crippen molar-refractivity contribution in [3.8, 4) is 0 Å². The maximum atomic E-state index is 11.5. The van der Waals surface area contributed by atoms with Crippen molar-refractivity contribution in [3.05, 3.63) is 0 Å². The number of carbonyl (C=O) groups excluding carboxylic acids is 1. The zero-order valence-electron chi connectivity index (χ0n) is 9.75. The van der Waals surface area contributed by atoms with E-state index in [4.69, 9.17) is 4.74 Å². The van der Waals surface area contributed by atoms with E-state index in [1.54, 1.807) is 7.05 Å². The fourth-order valence-electron chi connectivity index (χ4n) is 1.26. The van der Waals surface area contributed by atoms with E-state index in [9.17, 15) is 4.79 Å². The molecular formula is C10H22N2O2S. The van der Waals surface area contributed by atoms with Crippen LogP contribution in [0.4, 0.5) is 0 Å². The van der Waals surface area contributed by atoms with Gasteiger partial charge in [-0.05, 0) is 19.9 Å². The Kier molecular flexibility index (Phi) is 8.85. The van der Waals surface area contributed by atoms with Gasteiger partial charge in [0, 0.05) is 12.4 Å². The molecule has 2 N–H and O–H groups in total. The van der Waals surface area contributed by atoms with Gasteiger partial charge in [-0.2, -0.15) is 12.6 Å². The first-order chi connectivity index (χ1) is 7.27. The van der Waals surface area contributed by atoms with Gasteiger partial charge in [0.1, 0.15) is 6.23 Å². The van der Waals surface area contributed by atoms with Crippen LogP contribution in [0.5, 0.6) is 0 Å². The van der Waals surface area contributed by atoms with Crippen LogP contribution in [0.2, 0.25) is 0 Å². The Bertz CT molecular complexity index is 169. The quantitative estimate of drug-likeness (QED) is 0.630. The van der Waals surface area contributed by atoms with E-state index in [-0.39, 0.29) is 18.2 Å². The topological polar surface area (TPSA) is 50.4 Å². The fourth-order valence-corrected chi connectivity index (χ4v) is 1.60. The van der Waals surface area contributed by atoms with Gasteiger partial charge in [-0.25, -0.2) is 0 Å². The predicted molar refractivity (Wildman–Crippen MR) is 65.2 cm³/mol. The van der Waals surface area contributed by atoms with Crippen LogP contribution in [0.3, 0.4) is 0 Å². The molecule has 0 radical (unpaired) electrons. The van der Waals surface area contributed by atoms with Gasteiger partial charge < -0.3 is 15.4 Å². The van der Waals surface area contributed by atoms with Gasteiger partial charge in [-0.3, -0.25) is 4.79 Å². The average Bonchev–Trinajstić information content (AvgIpc) is 2.75. The van der Waals surface area contributed by atoms with Crippen molar-refractivity contribution < 1.29 is 9.53 Å². The second-order valence-corrected chi connectivity index (χ2v) is 3.40. The molecule has 1 aliphatic heterocycles. The van der Waals surface area contributed by atoms with Crippen molar-refractivity contribution in [1.29, 1.82) is 0 Å². The minimum absolute atomic E-state index is 0.0376. The number of nitrogens with one attached hydrogen (secondary N) is 2. The smallest absolute Gasteiger partial charge is 0.239 e. The van der Waals surface area contributed by atoms with E-state index in [1.165, 1.54) is 0 Å². The predicted octanol–water partition coefficient (Wildman–Crippen LogP) is 0.783. The molecule has 0 spiro atoms. The first-order valence-corrected chi connectivity index (χ1v) is 6.11. The Balaban J connectivity index is 0.000000921. The van der Waals surface area contributed by atoms with Crippen LogP contribution < -0.4 is 10.6 Å². The number of likely N-dealkylation sites (N-methyl/N-ethyl adjacent to an activating group) is 1. The van der Waals surface area contributed by atoms with E-state index in [0.717, 1.165) is 19.4 Å². The molecule has 1 saturated heterocycles. The molecule has 1 aliphatic rings. The number of amides is 1. The lowest BCUT2D eigenvalue weighted by Gasteiger charge is -2.17. The average molecular weight is 234 g/mol. The molecule has 0 aromatic rings. The molecule has 1 heterocycles. The van der Waals surface area contributed by atoms with E-state index < -0.39 is 0 Å². The summed E-state index contributed by atoms with van der Waals surface area (Å²) in [6.07, 6.45) is 1.84. The monoisotopic (exact) mass is 234 g/mol. The summed E-state index contributed by atoms with van der Waals surface area (Å²) in [5.41, 5.74) is 0. The molecule has 0 bridgehead atoms. The van der Waals surface area contributed by atoms with Crippen LogP contribution in [0.1, 0.15) is 26.7 Å². The lowest BCUT2D eigenvalue weighted by Crippen LogP contribution is -2.47. The maximum Gasteiger partial charge on any atom is 0.239 e. The highest BCUT2D eigenvalue weighted by Crippen LogP contribution is 2.08. The highest BCUT2D eigenvalue weighted by molar-refractivity contribution is 7.80. The zero-order chi connectivity index (χ0) is 11.7. The van der Waals surface area contributed by atoms with E-state index >= 15 is 0 Å². The molecule has 1 fully saturated rings. The molecule has 0 aromatic carbocycles. The van der Waals surface area contributed by atoms with Crippen molar-refractivity contribution in [1.82, 2.24) is 10.6 Å². The Hall–Kier alpha value is -0.260. The second kappa shape index (κ2) is 9.00. The molecule has 15 heavy (non-hydrogen) atoms. The van der Waals surface area contributed by atoms with Gasteiger partial charge in [0.15, 0.2) is 0 Å². The highest BCUT2D eigenvalue weighted by Gasteiger charge is 2.21. The van der Waals surface area contributed by atoms with E-state index in [1.807, 2.05) is 13.8 Å². The number of rotatable bonds is 4. The van der Waals surface area contributed by atoms with Crippen LogP contribution in [0.25, 0.3) is 0 Å². The summed E-state index contributed by atoms with van der Waals surface area (Å²) in [5, 5.41) is 5.69. The van der Waals surface area contributed by atoms with Crippen molar-refractivity contribution in [2.45, 2.75) is 39.0 Å². The fraction of sp³-hybridized carbons (Fsp3) is 0.900. The van der Waals surface area contributed by atoms with E-state index in [0.29, 0.717) is 5.75 Å². The number of hydrogen-bond acceptors (Lipinski definition) is 4. The molecule has 2 atom stereocenters. The molecule has 0 aliphatic carbocycles. The van der Waals surface area contributed by atoms with Crippen LogP contribution in [-0.4, -0.2) is 37.6 Å². The van der Waals surface area contributed by atoms with Crippen molar-refractivity contribution in [3.63, 3.8) is 0 Å². The number of hydrogen-bond donors (Lipinski definition) is 3. The zero-order valence-corrected chi connectivity index (χ0v) is 10.6. The maximum absolute atomic E-state index is 11.5. The SMILES string of the molecule is CC.CNC(CS)C(=O)NC1CCCO1. The van der Waals surface area contributed by atoms with Crippen LogP contribution in [0, 0.1) is 0 Å². The molecule has 0 saturated carbocycles. The lowest BCUT2D eigenvalue weighted by molar-refractivity contribution is -0.125. The summed E-state index contributed by atoms with van der Waals surface area (Å²) in [6, 6.07) is -0.229. The third kappa shape index (κ3) is 5.39. The Morgan fingerprint density at radius 3 is 2.67 bits per heavy atom. The summed E-state index contributed by atoms with van der Waals surface area (Å²) >= 11 is 4.07.